The van der Waals surface area contributed by atoms with Gasteiger partial charge in [-0.15, -0.1) is 0 Å². The van der Waals surface area contributed by atoms with Crippen LogP contribution in [0.2, 0.25) is 0 Å². The summed E-state index contributed by atoms with van der Waals surface area (Å²) < 4.78 is 0. The van der Waals surface area contributed by atoms with E-state index in [0.717, 1.165) is 44.7 Å². The first-order chi connectivity index (χ1) is 9.83. The van der Waals surface area contributed by atoms with Crippen LogP contribution in [0.1, 0.15) is 25.7 Å². The van der Waals surface area contributed by atoms with Gasteiger partial charge in [0.1, 0.15) is 0 Å². The lowest BCUT2D eigenvalue weighted by molar-refractivity contribution is 0.192. The van der Waals surface area contributed by atoms with Gasteiger partial charge in [0.15, 0.2) is 0 Å². The fourth-order valence-electron chi connectivity index (χ4n) is 3.41. The Labute approximate surface area is 118 Å². The Morgan fingerprint density at radius 1 is 1.10 bits per heavy atom. The summed E-state index contributed by atoms with van der Waals surface area (Å²) in [6.45, 7) is 1.78. The molecule has 6 heteroatoms. The van der Waals surface area contributed by atoms with Gasteiger partial charge in [0.2, 0.25) is 5.95 Å². The van der Waals surface area contributed by atoms with Gasteiger partial charge < -0.3 is 15.1 Å². The van der Waals surface area contributed by atoms with Crippen molar-refractivity contribution < 1.29 is 4.79 Å². The molecule has 3 heterocycles. The highest BCUT2D eigenvalue weighted by atomic mass is 16.2. The van der Waals surface area contributed by atoms with Crippen LogP contribution in [0.15, 0.2) is 18.5 Å². The number of nitrogens with zero attached hydrogens (tertiary/aromatic N) is 4. The SMILES string of the molecule is O=C(NC1CC1)N1CC[C@H]2[C@H]1CCN2c1ncccn1. The van der Waals surface area contributed by atoms with E-state index >= 15 is 0 Å². The summed E-state index contributed by atoms with van der Waals surface area (Å²) in [4.78, 5) is 25.2. The van der Waals surface area contributed by atoms with Gasteiger partial charge >= 0.3 is 6.03 Å². The molecule has 0 bridgehead atoms. The monoisotopic (exact) mass is 273 g/mol. The minimum Gasteiger partial charge on any atom is -0.336 e. The van der Waals surface area contributed by atoms with E-state index in [1.807, 2.05) is 11.0 Å². The van der Waals surface area contributed by atoms with Crippen molar-refractivity contribution in [3.63, 3.8) is 0 Å². The third-order valence-electron chi connectivity index (χ3n) is 4.55. The number of aromatic nitrogens is 2. The molecule has 1 N–H and O–H groups in total. The molecule has 0 unspecified atom stereocenters. The molecule has 0 aromatic carbocycles. The molecule has 20 heavy (non-hydrogen) atoms. The molecule has 1 saturated carbocycles. The summed E-state index contributed by atoms with van der Waals surface area (Å²) in [7, 11) is 0. The standard InChI is InChI=1S/C14H19N5O/c20-14(17-10-2-3-10)19-9-5-11-12(19)4-8-18(11)13-15-6-1-7-16-13/h1,6-7,10-12H,2-5,8-9H2,(H,17,20)/t11-,12+/m0/s1. The molecule has 1 aromatic rings. The molecule has 2 atom stereocenters. The van der Waals surface area contributed by atoms with Crippen molar-refractivity contribution in [1.29, 1.82) is 0 Å². The van der Waals surface area contributed by atoms with E-state index in [1.165, 1.54) is 0 Å². The zero-order valence-corrected chi connectivity index (χ0v) is 11.4. The van der Waals surface area contributed by atoms with Crippen LogP contribution in [0.3, 0.4) is 0 Å². The van der Waals surface area contributed by atoms with Crippen LogP contribution in [0.25, 0.3) is 0 Å². The first kappa shape index (κ1) is 11.9. The Kier molecular flexibility index (Phi) is 2.75. The Hall–Kier alpha value is -1.85. The van der Waals surface area contributed by atoms with Gasteiger partial charge in [-0.3, -0.25) is 0 Å². The number of nitrogens with one attached hydrogen (secondary N) is 1. The minimum absolute atomic E-state index is 0.121. The number of carbonyl (C=O) groups is 1. The summed E-state index contributed by atoms with van der Waals surface area (Å²) in [5.74, 6) is 0.796. The molecule has 2 aliphatic heterocycles. The van der Waals surface area contributed by atoms with Crippen LogP contribution in [0.4, 0.5) is 10.7 Å². The molecule has 1 aliphatic carbocycles. The highest BCUT2D eigenvalue weighted by molar-refractivity contribution is 5.76. The van der Waals surface area contributed by atoms with Gasteiger partial charge in [0.25, 0.3) is 0 Å². The van der Waals surface area contributed by atoms with E-state index in [0.29, 0.717) is 18.1 Å². The Morgan fingerprint density at radius 3 is 2.60 bits per heavy atom. The normalized spacial score (nSPS) is 28.6. The number of anilines is 1. The summed E-state index contributed by atoms with van der Waals surface area (Å²) in [5.41, 5.74) is 0. The first-order valence-corrected chi connectivity index (χ1v) is 7.44. The average molecular weight is 273 g/mol. The van der Waals surface area contributed by atoms with E-state index < -0.39 is 0 Å². The molecule has 0 spiro atoms. The molecular weight excluding hydrogens is 254 g/mol. The number of carbonyl (C=O) groups excluding carboxylic acids is 1. The van der Waals surface area contributed by atoms with E-state index in [2.05, 4.69) is 20.2 Å². The quantitative estimate of drug-likeness (QED) is 0.873. The lowest BCUT2D eigenvalue weighted by Crippen LogP contribution is -2.45. The van der Waals surface area contributed by atoms with Crippen LogP contribution in [0.5, 0.6) is 0 Å². The van der Waals surface area contributed by atoms with Gasteiger partial charge in [-0.2, -0.15) is 0 Å². The van der Waals surface area contributed by atoms with Crippen molar-refractivity contribution in [3.8, 4) is 0 Å². The third-order valence-corrected chi connectivity index (χ3v) is 4.55. The molecular formula is C14H19N5O. The molecule has 3 aliphatic rings. The van der Waals surface area contributed by atoms with Crippen molar-refractivity contribution >= 4 is 12.0 Å². The maximum absolute atomic E-state index is 12.2. The second-order valence-electron chi connectivity index (χ2n) is 5.87. The molecule has 0 radical (unpaired) electrons. The molecule has 4 rings (SSSR count). The highest BCUT2D eigenvalue weighted by Gasteiger charge is 2.45. The molecule has 2 amide bonds. The Bertz CT molecular complexity index is 504. The van der Waals surface area contributed by atoms with Gasteiger partial charge in [-0.05, 0) is 31.7 Å². The van der Waals surface area contributed by atoms with Crippen LogP contribution in [-0.4, -0.2) is 52.1 Å². The lowest BCUT2D eigenvalue weighted by Gasteiger charge is -2.25. The maximum atomic E-state index is 12.2. The second kappa shape index (κ2) is 4.61. The smallest absolute Gasteiger partial charge is 0.317 e. The number of fused-ring (bicyclic) bond motifs is 1. The van der Waals surface area contributed by atoms with Crippen LogP contribution < -0.4 is 10.2 Å². The number of urea groups is 1. The zero-order valence-electron chi connectivity index (χ0n) is 11.4. The largest absolute Gasteiger partial charge is 0.336 e. The van der Waals surface area contributed by atoms with Crippen molar-refractivity contribution in [1.82, 2.24) is 20.2 Å². The average Bonchev–Trinajstić information content (AvgIpc) is 3.03. The first-order valence-electron chi connectivity index (χ1n) is 7.44. The topological polar surface area (TPSA) is 61.4 Å². The Morgan fingerprint density at radius 2 is 1.85 bits per heavy atom. The Balaban J connectivity index is 1.47. The van der Waals surface area contributed by atoms with Gasteiger partial charge in [0.05, 0.1) is 12.1 Å². The number of hydrogen-bond acceptors (Lipinski definition) is 4. The summed E-state index contributed by atoms with van der Waals surface area (Å²) in [6.07, 6.45) is 7.86. The maximum Gasteiger partial charge on any atom is 0.317 e. The van der Waals surface area contributed by atoms with E-state index in [-0.39, 0.29) is 6.03 Å². The van der Waals surface area contributed by atoms with Gasteiger partial charge in [0, 0.05) is 31.5 Å². The van der Waals surface area contributed by atoms with Gasteiger partial charge in [-0.25, -0.2) is 14.8 Å². The van der Waals surface area contributed by atoms with E-state index in [9.17, 15) is 4.79 Å². The van der Waals surface area contributed by atoms with Gasteiger partial charge in [-0.1, -0.05) is 0 Å². The zero-order chi connectivity index (χ0) is 13.5. The second-order valence-corrected chi connectivity index (χ2v) is 5.87. The van der Waals surface area contributed by atoms with Crippen LogP contribution >= 0.6 is 0 Å². The van der Waals surface area contributed by atoms with Crippen molar-refractivity contribution in [2.24, 2.45) is 0 Å². The van der Waals surface area contributed by atoms with Crippen LogP contribution in [0, 0.1) is 0 Å². The molecule has 1 aromatic heterocycles. The predicted octanol–water partition coefficient (Wildman–Crippen LogP) is 1.00. The third kappa shape index (κ3) is 1.99. The number of rotatable bonds is 2. The van der Waals surface area contributed by atoms with Crippen LogP contribution in [-0.2, 0) is 0 Å². The lowest BCUT2D eigenvalue weighted by atomic mass is 10.1. The highest BCUT2D eigenvalue weighted by Crippen LogP contribution is 2.33. The van der Waals surface area contributed by atoms with E-state index in [1.54, 1.807) is 12.4 Å². The minimum atomic E-state index is 0.121. The molecule has 3 fully saturated rings. The summed E-state index contributed by atoms with van der Waals surface area (Å²) in [6, 6.07) is 3.08. The summed E-state index contributed by atoms with van der Waals surface area (Å²) >= 11 is 0. The summed E-state index contributed by atoms with van der Waals surface area (Å²) in [5, 5.41) is 3.10. The van der Waals surface area contributed by atoms with Crippen molar-refractivity contribution in [3.05, 3.63) is 18.5 Å². The molecule has 106 valence electrons. The fourth-order valence-corrected chi connectivity index (χ4v) is 3.41. The van der Waals surface area contributed by atoms with Crippen molar-refractivity contribution in [2.75, 3.05) is 18.0 Å². The molecule has 6 nitrogen and oxygen atoms in total. The van der Waals surface area contributed by atoms with E-state index in [4.69, 9.17) is 0 Å². The fraction of sp³-hybridized carbons (Fsp3) is 0.643. The number of hydrogen-bond donors (Lipinski definition) is 1. The number of amides is 2. The predicted molar refractivity (Wildman–Crippen MR) is 74.4 cm³/mol. The van der Waals surface area contributed by atoms with Crippen molar-refractivity contribution in [2.45, 2.75) is 43.8 Å². The number of likely N-dealkylation sites (tertiary alicyclic amines) is 1. The molecule has 2 saturated heterocycles.